The van der Waals surface area contributed by atoms with E-state index in [1.54, 1.807) is 11.0 Å². The standard InChI is InChI=1S/C23H39NO8/c1-12(2)24(13(3)4)21(26)27-11-10-14(5)15(25)16-17-18(30-22(6,7)29-17)19-20(28-16)32-23(8,9)31-19/h10-20,25H,1-9H3/b11-10-/t14-,15-,16-,17+,18+,19-,20-/m1/s1. The lowest BCUT2D eigenvalue weighted by Crippen LogP contribution is -2.59. The van der Waals surface area contributed by atoms with Crippen LogP contribution in [0.1, 0.15) is 62.3 Å². The largest absolute Gasteiger partial charge is 0.418 e. The Morgan fingerprint density at radius 2 is 1.44 bits per heavy atom. The third-order valence-electron chi connectivity index (χ3n) is 5.94. The Morgan fingerprint density at radius 1 is 0.906 bits per heavy atom. The molecule has 0 bridgehead atoms. The molecule has 9 nitrogen and oxygen atoms in total. The summed E-state index contributed by atoms with van der Waals surface area (Å²) in [6.07, 6.45) is -1.23. The average Bonchev–Trinajstić information content (AvgIpc) is 3.13. The first kappa shape index (κ1) is 25.4. The highest BCUT2D eigenvalue weighted by Crippen LogP contribution is 2.45. The molecule has 0 aromatic rings. The minimum atomic E-state index is -0.950. The minimum Gasteiger partial charge on any atom is -0.418 e. The van der Waals surface area contributed by atoms with Crippen LogP contribution in [0.2, 0.25) is 0 Å². The normalized spacial score (nSPS) is 35.1. The Bertz CT molecular complexity index is 698. The van der Waals surface area contributed by atoms with Gasteiger partial charge in [-0.15, -0.1) is 0 Å². The van der Waals surface area contributed by atoms with Gasteiger partial charge < -0.3 is 38.4 Å². The quantitative estimate of drug-likeness (QED) is 0.608. The Kier molecular flexibility index (Phi) is 7.30. The summed E-state index contributed by atoms with van der Waals surface area (Å²) >= 11 is 0. The molecule has 1 amide bonds. The molecule has 184 valence electrons. The molecule has 0 radical (unpaired) electrons. The van der Waals surface area contributed by atoms with Crippen molar-refractivity contribution in [2.75, 3.05) is 0 Å². The molecule has 0 aliphatic carbocycles. The van der Waals surface area contributed by atoms with E-state index < -0.39 is 54.5 Å². The monoisotopic (exact) mass is 457 g/mol. The molecule has 0 spiro atoms. The Labute approximate surface area is 190 Å². The van der Waals surface area contributed by atoms with Crippen LogP contribution in [0.4, 0.5) is 4.79 Å². The number of ether oxygens (including phenoxy) is 6. The second kappa shape index (κ2) is 9.19. The topological polar surface area (TPSA) is 95.9 Å². The number of carbonyl (C=O) groups is 1. The van der Waals surface area contributed by atoms with Crippen molar-refractivity contribution in [2.45, 2.75) is 123 Å². The Morgan fingerprint density at radius 3 is 2.03 bits per heavy atom. The van der Waals surface area contributed by atoms with E-state index in [1.165, 1.54) is 6.26 Å². The number of hydrogen-bond acceptors (Lipinski definition) is 8. The molecule has 3 saturated heterocycles. The van der Waals surface area contributed by atoms with Gasteiger partial charge in [-0.1, -0.05) is 6.92 Å². The molecule has 32 heavy (non-hydrogen) atoms. The zero-order valence-electron chi connectivity index (χ0n) is 20.6. The third-order valence-corrected chi connectivity index (χ3v) is 5.94. The molecule has 0 unspecified atom stereocenters. The van der Waals surface area contributed by atoms with E-state index in [4.69, 9.17) is 28.4 Å². The molecule has 1 N–H and O–H groups in total. The lowest BCUT2D eigenvalue weighted by molar-refractivity contribution is -0.255. The lowest BCUT2D eigenvalue weighted by Gasteiger charge is -2.40. The third kappa shape index (κ3) is 5.29. The lowest BCUT2D eigenvalue weighted by atomic mass is 9.90. The molecule has 3 fully saturated rings. The van der Waals surface area contributed by atoms with Crippen LogP contribution in [-0.2, 0) is 28.4 Å². The molecular weight excluding hydrogens is 418 g/mol. The molecule has 3 heterocycles. The van der Waals surface area contributed by atoms with Gasteiger partial charge in [0.15, 0.2) is 17.9 Å². The Balaban J connectivity index is 1.68. The van der Waals surface area contributed by atoms with Gasteiger partial charge in [-0.05, 0) is 61.5 Å². The fourth-order valence-electron chi connectivity index (χ4n) is 4.63. The second-order valence-corrected chi connectivity index (χ2v) is 10.3. The highest BCUT2D eigenvalue weighted by molar-refractivity contribution is 5.68. The first-order chi connectivity index (χ1) is 14.7. The van der Waals surface area contributed by atoms with Crippen molar-refractivity contribution in [3.8, 4) is 0 Å². The fourth-order valence-corrected chi connectivity index (χ4v) is 4.63. The zero-order chi connectivity index (χ0) is 24.0. The van der Waals surface area contributed by atoms with E-state index in [0.717, 1.165) is 0 Å². The maximum Gasteiger partial charge on any atom is 0.415 e. The Hall–Kier alpha value is -1.23. The number of hydrogen-bond donors (Lipinski definition) is 1. The van der Waals surface area contributed by atoms with Crippen LogP contribution in [0, 0.1) is 5.92 Å². The first-order valence-corrected chi connectivity index (χ1v) is 11.4. The van der Waals surface area contributed by atoms with Gasteiger partial charge in [0.1, 0.15) is 24.4 Å². The van der Waals surface area contributed by atoms with Crippen molar-refractivity contribution in [3.63, 3.8) is 0 Å². The first-order valence-electron chi connectivity index (χ1n) is 11.4. The zero-order valence-corrected chi connectivity index (χ0v) is 20.6. The second-order valence-electron chi connectivity index (χ2n) is 10.3. The van der Waals surface area contributed by atoms with Crippen molar-refractivity contribution in [1.82, 2.24) is 4.90 Å². The van der Waals surface area contributed by atoms with E-state index in [9.17, 15) is 9.90 Å². The molecule has 3 rings (SSSR count). The van der Waals surface area contributed by atoms with Gasteiger partial charge in [-0.25, -0.2) is 4.79 Å². The molecule has 3 aliphatic rings. The number of amides is 1. The van der Waals surface area contributed by atoms with E-state index in [-0.39, 0.29) is 18.0 Å². The van der Waals surface area contributed by atoms with Crippen LogP contribution in [0.15, 0.2) is 12.3 Å². The highest BCUT2D eigenvalue weighted by atomic mass is 16.9. The van der Waals surface area contributed by atoms with Crippen molar-refractivity contribution in [3.05, 3.63) is 12.3 Å². The minimum absolute atomic E-state index is 0.0141. The van der Waals surface area contributed by atoms with Gasteiger partial charge in [0.05, 0.1) is 12.4 Å². The summed E-state index contributed by atoms with van der Waals surface area (Å²) in [5, 5.41) is 11.1. The summed E-state index contributed by atoms with van der Waals surface area (Å²) in [4.78, 5) is 14.0. The molecule has 9 heteroatoms. The molecule has 0 aromatic heterocycles. The van der Waals surface area contributed by atoms with Crippen LogP contribution >= 0.6 is 0 Å². The van der Waals surface area contributed by atoms with Gasteiger partial charge in [0.25, 0.3) is 0 Å². The van der Waals surface area contributed by atoms with E-state index >= 15 is 0 Å². The molecule has 0 saturated carbocycles. The fraction of sp³-hybridized carbons (Fsp3) is 0.870. The van der Waals surface area contributed by atoms with Crippen LogP contribution in [0.25, 0.3) is 0 Å². The number of aliphatic hydroxyl groups is 1. The van der Waals surface area contributed by atoms with Crippen molar-refractivity contribution < 1.29 is 38.3 Å². The maximum atomic E-state index is 12.4. The van der Waals surface area contributed by atoms with Crippen molar-refractivity contribution >= 4 is 6.09 Å². The molecule has 3 aliphatic heterocycles. The van der Waals surface area contributed by atoms with Gasteiger partial charge in [0, 0.05) is 18.0 Å². The highest BCUT2D eigenvalue weighted by Gasteiger charge is 2.62. The van der Waals surface area contributed by atoms with Crippen LogP contribution < -0.4 is 0 Å². The number of fused-ring (bicyclic) bond motifs is 3. The van der Waals surface area contributed by atoms with Gasteiger partial charge >= 0.3 is 6.09 Å². The predicted octanol–water partition coefficient (Wildman–Crippen LogP) is 3.15. The van der Waals surface area contributed by atoms with Crippen molar-refractivity contribution in [1.29, 1.82) is 0 Å². The summed E-state index contributed by atoms with van der Waals surface area (Å²) in [6.45, 7) is 16.8. The van der Waals surface area contributed by atoms with Crippen LogP contribution in [-0.4, -0.2) is 76.6 Å². The predicted molar refractivity (Wildman–Crippen MR) is 115 cm³/mol. The smallest absolute Gasteiger partial charge is 0.415 e. The van der Waals surface area contributed by atoms with E-state index in [0.29, 0.717) is 0 Å². The van der Waals surface area contributed by atoms with Crippen molar-refractivity contribution in [2.24, 2.45) is 5.92 Å². The summed E-state index contributed by atoms with van der Waals surface area (Å²) < 4.78 is 35.5. The van der Waals surface area contributed by atoms with Gasteiger partial charge in [0.2, 0.25) is 0 Å². The number of carbonyl (C=O) groups excluding carboxylic acids is 1. The van der Waals surface area contributed by atoms with Crippen LogP contribution in [0.3, 0.4) is 0 Å². The molecule has 7 atom stereocenters. The number of rotatable bonds is 6. The molecule has 0 aromatic carbocycles. The average molecular weight is 458 g/mol. The van der Waals surface area contributed by atoms with Gasteiger partial charge in [-0.3, -0.25) is 0 Å². The van der Waals surface area contributed by atoms with E-state index in [2.05, 4.69) is 0 Å². The summed E-state index contributed by atoms with van der Waals surface area (Å²) in [5.41, 5.74) is 0. The summed E-state index contributed by atoms with van der Waals surface area (Å²) in [7, 11) is 0. The van der Waals surface area contributed by atoms with E-state index in [1.807, 2.05) is 62.3 Å². The van der Waals surface area contributed by atoms with Crippen LogP contribution in [0.5, 0.6) is 0 Å². The number of nitrogens with zero attached hydrogens (tertiary/aromatic N) is 1. The summed E-state index contributed by atoms with van der Waals surface area (Å²) in [5.74, 6) is -2.05. The summed E-state index contributed by atoms with van der Waals surface area (Å²) in [6, 6.07) is 0.0281. The number of aliphatic hydroxyl groups excluding tert-OH is 1. The maximum absolute atomic E-state index is 12.4. The van der Waals surface area contributed by atoms with Gasteiger partial charge in [-0.2, -0.15) is 0 Å². The SMILES string of the molecule is CC(C)N(C(=O)O/C=C\[C@@H](C)[C@@H](O)[C@H]1O[C@@H]2OC(C)(C)O[C@@H]2[C@H]2OC(C)(C)O[C@H]21)C(C)C. The molecular formula is C23H39NO8.